The van der Waals surface area contributed by atoms with Crippen LogP contribution in [0.2, 0.25) is 0 Å². The minimum atomic E-state index is -3.40. The van der Waals surface area contributed by atoms with Crippen molar-refractivity contribution in [3.8, 4) is 0 Å². The molecule has 2 rings (SSSR count). The van der Waals surface area contributed by atoms with Gasteiger partial charge in [-0.2, -0.15) is 0 Å². The van der Waals surface area contributed by atoms with Gasteiger partial charge in [0, 0.05) is 16.2 Å². The first-order chi connectivity index (χ1) is 8.94. The highest BCUT2D eigenvalue weighted by Crippen LogP contribution is 2.31. The number of hydrogen-bond donors (Lipinski definition) is 1. The van der Waals surface area contributed by atoms with E-state index < -0.39 is 10.0 Å². The highest BCUT2D eigenvalue weighted by Gasteiger charge is 2.30. The minimum Gasteiger partial charge on any atom is -0.208 e. The van der Waals surface area contributed by atoms with E-state index >= 15 is 0 Å². The lowest BCUT2D eigenvalue weighted by Crippen LogP contribution is -2.42. The topological polar surface area (TPSA) is 46.2 Å². The Bertz CT molecular complexity index is 542. The molecule has 1 fully saturated rings. The Morgan fingerprint density at radius 2 is 2.11 bits per heavy atom. The first-order valence-electron chi connectivity index (χ1n) is 6.28. The van der Waals surface area contributed by atoms with Crippen LogP contribution in [0.5, 0.6) is 0 Å². The van der Waals surface area contributed by atoms with Crippen molar-refractivity contribution >= 4 is 53.2 Å². The molecule has 108 valence electrons. The Balaban J connectivity index is 2.19. The van der Waals surface area contributed by atoms with Crippen molar-refractivity contribution in [2.45, 2.75) is 43.5 Å². The summed E-state index contributed by atoms with van der Waals surface area (Å²) in [5, 5.41) is 0.854. The monoisotopic (exact) mass is 429 g/mol. The second kappa shape index (κ2) is 6.56. The van der Waals surface area contributed by atoms with Gasteiger partial charge >= 0.3 is 0 Å². The molecule has 0 amide bonds. The summed E-state index contributed by atoms with van der Waals surface area (Å²) in [6.45, 7) is 1.84. The van der Waals surface area contributed by atoms with Crippen molar-refractivity contribution in [2.75, 3.05) is 5.33 Å². The summed E-state index contributed by atoms with van der Waals surface area (Å²) in [7, 11) is -3.40. The van der Waals surface area contributed by atoms with Crippen LogP contribution in [-0.2, 0) is 10.0 Å². The van der Waals surface area contributed by atoms with Crippen LogP contribution in [0.15, 0.2) is 14.7 Å². The normalized spacial score (nSPS) is 24.6. The largest absolute Gasteiger partial charge is 0.241 e. The second-order valence-electron chi connectivity index (χ2n) is 4.90. The number of halogens is 2. The number of hydrogen-bond acceptors (Lipinski definition) is 3. The third kappa shape index (κ3) is 3.81. The maximum atomic E-state index is 12.5. The summed E-state index contributed by atoms with van der Waals surface area (Å²) in [5.41, 5.74) is 0. The molecular formula is C12H17Br2NO2S2. The molecule has 0 aliphatic heterocycles. The summed E-state index contributed by atoms with van der Waals surface area (Å²) in [6, 6.07) is 1.74. The maximum Gasteiger partial charge on any atom is 0.241 e. The molecule has 0 radical (unpaired) electrons. The summed E-state index contributed by atoms with van der Waals surface area (Å²) in [5.74, 6) is 0.394. The summed E-state index contributed by atoms with van der Waals surface area (Å²) in [6.07, 6.45) is 4.31. The van der Waals surface area contributed by atoms with Gasteiger partial charge in [-0.25, -0.2) is 13.1 Å². The number of alkyl halides is 1. The molecular weight excluding hydrogens is 414 g/mol. The first-order valence-corrected chi connectivity index (χ1v) is 10.5. The van der Waals surface area contributed by atoms with Gasteiger partial charge in [0.15, 0.2) is 0 Å². The second-order valence-corrected chi connectivity index (χ2v) is 9.86. The fourth-order valence-corrected chi connectivity index (χ4v) is 7.04. The van der Waals surface area contributed by atoms with Crippen LogP contribution in [0, 0.1) is 12.8 Å². The molecule has 1 N–H and O–H groups in total. The van der Waals surface area contributed by atoms with E-state index in [4.69, 9.17) is 0 Å². The molecule has 2 unspecified atom stereocenters. The van der Waals surface area contributed by atoms with Gasteiger partial charge in [-0.1, -0.05) is 28.8 Å². The van der Waals surface area contributed by atoms with E-state index in [2.05, 4.69) is 36.6 Å². The molecule has 1 aliphatic rings. The van der Waals surface area contributed by atoms with Gasteiger partial charge < -0.3 is 0 Å². The third-order valence-corrected chi connectivity index (χ3v) is 7.68. The van der Waals surface area contributed by atoms with Gasteiger partial charge in [-0.3, -0.25) is 0 Å². The molecule has 1 heterocycles. The molecule has 19 heavy (non-hydrogen) atoms. The highest BCUT2D eigenvalue weighted by atomic mass is 79.9. The maximum absolute atomic E-state index is 12.5. The number of aryl methyl sites for hydroxylation is 1. The van der Waals surface area contributed by atoms with E-state index in [-0.39, 0.29) is 6.04 Å². The average Bonchev–Trinajstić information content (AvgIpc) is 2.69. The van der Waals surface area contributed by atoms with E-state index in [9.17, 15) is 8.42 Å². The van der Waals surface area contributed by atoms with Gasteiger partial charge in [-0.15, -0.1) is 11.3 Å². The minimum absolute atomic E-state index is 0.0520. The van der Waals surface area contributed by atoms with Gasteiger partial charge in [0.05, 0.1) is 8.68 Å². The molecule has 1 aliphatic carbocycles. The molecule has 0 bridgehead atoms. The number of rotatable bonds is 4. The van der Waals surface area contributed by atoms with Crippen LogP contribution in [0.4, 0.5) is 0 Å². The Labute approximate surface area is 135 Å². The van der Waals surface area contributed by atoms with Crippen molar-refractivity contribution < 1.29 is 8.42 Å². The predicted molar refractivity (Wildman–Crippen MR) is 86.6 cm³/mol. The van der Waals surface area contributed by atoms with Gasteiger partial charge in [0.1, 0.15) is 0 Å². The van der Waals surface area contributed by atoms with Crippen molar-refractivity contribution in [2.24, 2.45) is 5.92 Å². The van der Waals surface area contributed by atoms with Crippen LogP contribution in [0.25, 0.3) is 0 Å². The van der Waals surface area contributed by atoms with Crippen LogP contribution in [-0.4, -0.2) is 19.8 Å². The standard InChI is InChI=1S/C12H17Br2NO2S2/c1-8-11(6-12(14)18-8)19(16,17)15-10-5-3-2-4-9(10)7-13/h6,9-10,15H,2-5,7H2,1H3. The number of nitrogens with one attached hydrogen (secondary N) is 1. The Kier molecular flexibility index (Phi) is 5.50. The number of sulfonamides is 1. The van der Waals surface area contributed by atoms with Crippen molar-refractivity contribution in [1.82, 2.24) is 4.72 Å². The predicted octanol–water partition coefficient (Wildman–Crippen LogP) is 4.05. The van der Waals surface area contributed by atoms with E-state index in [0.29, 0.717) is 10.8 Å². The average molecular weight is 431 g/mol. The third-order valence-electron chi connectivity index (χ3n) is 3.55. The van der Waals surface area contributed by atoms with Gasteiger partial charge in [-0.05, 0) is 47.7 Å². The van der Waals surface area contributed by atoms with Crippen LogP contribution >= 0.6 is 43.2 Å². The van der Waals surface area contributed by atoms with E-state index in [1.807, 2.05) is 6.92 Å². The molecule has 0 saturated heterocycles. The number of thiophene rings is 1. The zero-order valence-electron chi connectivity index (χ0n) is 10.7. The molecule has 1 aromatic rings. The first kappa shape index (κ1) is 15.9. The van der Waals surface area contributed by atoms with Gasteiger partial charge in [0.25, 0.3) is 0 Å². The Morgan fingerprint density at radius 1 is 1.42 bits per heavy atom. The van der Waals surface area contributed by atoms with Crippen molar-refractivity contribution in [3.05, 3.63) is 14.7 Å². The van der Waals surface area contributed by atoms with Crippen molar-refractivity contribution in [3.63, 3.8) is 0 Å². The molecule has 2 atom stereocenters. The lowest BCUT2D eigenvalue weighted by molar-refractivity contribution is 0.316. The zero-order chi connectivity index (χ0) is 14.0. The molecule has 3 nitrogen and oxygen atoms in total. The molecule has 0 aromatic carbocycles. The lowest BCUT2D eigenvalue weighted by Gasteiger charge is -2.30. The quantitative estimate of drug-likeness (QED) is 0.732. The van der Waals surface area contributed by atoms with Crippen molar-refractivity contribution in [1.29, 1.82) is 0 Å². The molecule has 7 heteroatoms. The molecule has 1 saturated carbocycles. The fraction of sp³-hybridized carbons (Fsp3) is 0.667. The van der Waals surface area contributed by atoms with E-state index in [1.165, 1.54) is 17.8 Å². The van der Waals surface area contributed by atoms with Crippen LogP contribution < -0.4 is 4.72 Å². The Hall–Kier alpha value is 0.570. The highest BCUT2D eigenvalue weighted by molar-refractivity contribution is 9.11. The molecule has 1 aromatic heterocycles. The zero-order valence-corrected chi connectivity index (χ0v) is 15.5. The fourth-order valence-electron chi connectivity index (χ4n) is 2.51. The Morgan fingerprint density at radius 3 is 2.68 bits per heavy atom. The van der Waals surface area contributed by atoms with Gasteiger partial charge in [0.2, 0.25) is 10.0 Å². The SMILES string of the molecule is Cc1sc(Br)cc1S(=O)(=O)NC1CCCCC1CBr. The smallest absolute Gasteiger partial charge is 0.208 e. The van der Waals surface area contributed by atoms with Crippen LogP contribution in [0.3, 0.4) is 0 Å². The summed E-state index contributed by atoms with van der Waals surface area (Å²) >= 11 is 8.29. The lowest BCUT2D eigenvalue weighted by atomic mass is 9.87. The van der Waals surface area contributed by atoms with E-state index in [1.54, 1.807) is 6.07 Å². The molecule has 0 spiro atoms. The summed E-state index contributed by atoms with van der Waals surface area (Å²) < 4.78 is 28.7. The van der Waals surface area contributed by atoms with Crippen LogP contribution in [0.1, 0.15) is 30.6 Å². The summed E-state index contributed by atoms with van der Waals surface area (Å²) in [4.78, 5) is 1.23. The van der Waals surface area contributed by atoms with E-state index in [0.717, 1.165) is 33.3 Å².